The van der Waals surface area contributed by atoms with Crippen molar-refractivity contribution in [1.82, 2.24) is 19.5 Å². The van der Waals surface area contributed by atoms with Crippen LogP contribution in [0.1, 0.15) is 97.5 Å². The molecule has 9 heteroatoms. The van der Waals surface area contributed by atoms with Crippen LogP contribution in [0.15, 0.2) is 90.0 Å². The van der Waals surface area contributed by atoms with Gasteiger partial charge in [-0.3, -0.25) is 4.79 Å². The maximum atomic E-state index is 14.4. The van der Waals surface area contributed by atoms with Crippen molar-refractivity contribution in [3.8, 4) is 17.4 Å². The van der Waals surface area contributed by atoms with Gasteiger partial charge in [0.05, 0.1) is 25.2 Å². The number of nitrogens with zero attached hydrogens (tertiary/aromatic N) is 4. The van der Waals surface area contributed by atoms with E-state index in [1.807, 2.05) is 67.6 Å². The molecule has 266 valence electrons. The number of methoxy groups -OCH3 is 1. The second-order valence-electron chi connectivity index (χ2n) is 12.7. The minimum Gasteiger partial charge on any atom is -0.486 e. The first-order valence-electron chi connectivity index (χ1n) is 17.9. The molecule has 1 atom stereocenters. The maximum absolute atomic E-state index is 14.4. The van der Waals surface area contributed by atoms with Gasteiger partial charge in [-0.1, -0.05) is 113 Å². The highest BCUT2D eigenvalue weighted by Gasteiger charge is 2.27. The van der Waals surface area contributed by atoms with Gasteiger partial charge >= 0.3 is 5.97 Å². The van der Waals surface area contributed by atoms with E-state index < -0.39 is 12.1 Å². The van der Waals surface area contributed by atoms with Gasteiger partial charge in [-0.2, -0.15) is 0 Å². The number of benzene rings is 3. The average molecular weight is 689 g/mol. The number of carbonyl (C=O) groups is 1. The molecule has 0 radical (unpaired) electrons. The van der Waals surface area contributed by atoms with Gasteiger partial charge in [0.1, 0.15) is 18.2 Å². The van der Waals surface area contributed by atoms with Crippen molar-refractivity contribution in [2.75, 3.05) is 7.11 Å². The van der Waals surface area contributed by atoms with Crippen LogP contribution >= 0.6 is 0 Å². The summed E-state index contributed by atoms with van der Waals surface area (Å²) >= 11 is 0. The molecule has 0 N–H and O–H groups in total. The largest absolute Gasteiger partial charge is 0.486 e. The molecule has 0 fully saturated rings. The average Bonchev–Trinajstić information content (AvgIpc) is 3.15. The Labute approximate surface area is 300 Å². The number of hydrogen-bond donors (Lipinski definition) is 0. The van der Waals surface area contributed by atoms with Gasteiger partial charge in [0, 0.05) is 17.5 Å². The van der Waals surface area contributed by atoms with Crippen molar-refractivity contribution in [2.24, 2.45) is 0 Å². The predicted octanol–water partition coefficient (Wildman–Crippen LogP) is 8.04. The molecule has 5 aromatic rings. The molecule has 0 aliphatic rings. The summed E-state index contributed by atoms with van der Waals surface area (Å²) < 4.78 is 19.1. The van der Waals surface area contributed by atoms with Gasteiger partial charge in [0.2, 0.25) is 12.1 Å². The Kier molecular flexibility index (Phi) is 13.1. The first kappa shape index (κ1) is 37.0. The minimum absolute atomic E-state index is 0.184. The number of ether oxygens (including phenoxy) is 3. The lowest BCUT2D eigenvalue weighted by Gasteiger charge is -2.23. The van der Waals surface area contributed by atoms with Crippen molar-refractivity contribution in [1.29, 1.82) is 0 Å². The molecular weight excluding hydrogens is 640 g/mol. The highest BCUT2D eigenvalue weighted by molar-refractivity contribution is 5.77. The Morgan fingerprint density at radius 2 is 1.45 bits per heavy atom. The molecule has 1 unspecified atom stereocenters. The van der Waals surface area contributed by atoms with Crippen molar-refractivity contribution in [3.05, 3.63) is 140 Å². The quantitative estimate of drug-likeness (QED) is 0.0905. The van der Waals surface area contributed by atoms with E-state index >= 15 is 0 Å². The Bertz CT molecular complexity index is 1920. The molecule has 0 aliphatic heterocycles. The van der Waals surface area contributed by atoms with E-state index in [0.717, 1.165) is 72.0 Å². The number of hydrogen-bond acceptors (Lipinski definition) is 8. The van der Waals surface area contributed by atoms with E-state index in [9.17, 15) is 9.59 Å². The van der Waals surface area contributed by atoms with E-state index in [4.69, 9.17) is 19.2 Å². The van der Waals surface area contributed by atoms with Gasteiger partial charge in [-0.25, -0.2) is 24.3 Å². The zero-order valence-electron chi connectivity index (χ0n) is 30.4. The first-order valence-corrected chi connectivity index (χ1v) is 17.9. The highest BCUT2D eigenvalue weighted by Crippen LogP contribution is 2.34. The molecule has 0 spiro atoms. The van der Waals surface area contributed by atoms with E-state index in [2.05, 4.69) is 42.9 Å². The van der Waals surface area contributed by atoms with Crippen molar-refractivity contribution in [2.45, 2.75) is 91.8 Å². The molecule has 3 aromatic carbocycles. The summed E-state index contributed by atoms with van der Waals surface area (Å²) in [6.45, 7) is 8.58. The topological polar surface area (TPSA) is 105 Å². The molecule has 5 rings (SSSR count). The summed E-state index contributed by atoms with van der Waals surface area (Å²) in [7, 11) is 1.38. The van der Waals surface area contributed by atoms with Gasteiger partial charge in [0.15, 0.2) is 5.75 Å². The van der Waals surface area contributed by atoms with Crippen LogP contribution < -0.4 is 15.0 Å². The Hall–Kier alpha value is -5.31. The third-order valence-corrected chi connectivity index (χ3v) is 8.74. The molecule has 0 aliphatic carbocycles. The zero-order valence-corrected chi connectivity index (χ0v) is 30.4. The lowest BCUT2D eigenvalue weighted by Crippen LogP contribution is -2.29. The minimum atomic E-state index is -0.905. The standard InChI is InChI=1S/C42H48N4O5/c1-6-9-22-37-36(40(47)46(29(4)45-37)42-43-26-35(27-44-42)50-28-30-18-12-10-13-19-30)25-31-23-33(16-7-2)38(34(24-31)17-8-3)51-39(41(48)49-5)32-20-14-11-15-21-32/h10-15,18-21,23-24,26-27,39H,6-9,16-17,22,25,28H2,1-5H3. The van der Waals surface area contributed by atoms with Gasteiger partial charge < -0.3 is 14.2 Å². The van der Waals surface area contributed by atoms with E-state index in [-0.39, 0.29) is 11.5 Å². The molecule has 51 heavy (non-hydrogen) atoms. The zero-order chi connectivity index (χ0) is 36.2. The van der Waals surface area contributed by atoms with Gasteiger partial charge in [-0.15, -0.1) is 0 Å². The van der Waals surface area contributed by atoms with Crippen LogP contribution in [0.4, 0.5) is 0 Å². The molecule has 0 saturated carbocycles. The monoisotopic (exact) mass is 688 g/mol. The van der Waals surface area contributed by atoms with Crippen LogP contribution in [0.25, 0.3) is 5.95 Å². The van der Waals surface area contributed by atoms with Crippen LogP contribution in [0.2, 0.25) is 0 Å². The lowest BCUT2D eigenvalue weighted by atomic mass is 9.94. The second-order valence-corrected chi connectivity index (χ2v) is 12.7. The van der Waals surface area contributed by atoms with Gasteiger partial charge in [0.25, 0.3) is 5.56 Å². The van der Waals surface area contributed by atoms with Gasteiger partial charge in [-0.05, 0) is 54.9 Å². The molecule has 0 bridgehead atoms. The molecule has 2 heterocycles. The number of rotatable bonds is 17. The Balaban J connectivity index is 1.52. The number of aromatic nitrogens is 4. The summed E-state index contributed by atoms with van der Waals surface area (Å²) in [4.78, 5) is 41.4. The van der Waals surface area contributed by atoms with Crippen LogP contribution in [0.5, 0.6) is 11.5 Å². The Morgan fingerprint density at radius 1 is 0.824 bits per heavy atom. The number of carbonyl (C=O) groups excluding carboxylic acids is 1. The van der Waals surface area contributed by atoms with E-state index in [1.165, 1.54) is 11.7 Å². The number of aryl methyl sites for hydroxylation is 4. The second kappa shape index (κ2) is 18.1. The van der Waals surface area contributed by atoms with Crippen molar-refractivity contribution in [3.63, 3.8) is 0 Å². The fraction of sp³-hybridized carbons (Fsp3) is 0.357. The van der Waals surface area contributed by atoms with E-state index in [1.54, 1.807) is 12.4 Å². The SMILES string of the molecule is CCCCc1nc(C)n(-c2ncc(OCc3ccccc3)cn2)c(=O)c1Cc1cc(CCC)c(OC(C(=O)OC)c2ccccc2)c(CCC)c1. The predicted molar refractivity (Wildman–Crippen MR) is 199 cm³/mol. The molecular formula is C42H48N4O5. The Morgan fingerprint density at radius 3 is 2.04 bits per heavy atom. The summed E-state index contributed by atoms with van der Waals surface area (Å²) in [5, 5.41) is 0. The summed E-state index contributed by atoms with van der Waals surface area (Å²) in [6.07, 6.45) is 8.49. The third kappa shape index (κ3) is 9.28. The molecule has 0 amide bonds. The number of esters is 1. The fourth-order valence-electron chi connectivity index (χ4n) is 6.22. The molecule has 0 saturated heterocycles. The van der Waals surface area contributed by atoms with Crippen LogP contribution in [-0.4, -0.2) is 32.6 Å². The summed E-state index contributed by atoms with van der Waals surface area (Å²) in [5.41, 5.74) is 5.97. The summed E-state index contributed by atoms with van der Waals surface area (Å²) in [6, 6.07) is 23.5. The fourth-order valence-corrected chi connectivity index (χ4v) is 6.22. The molecule has 2 aromatic heterocycles. The van der Waals surface area contributed by atoms with Crippen LogP contribution in [-0.2, 0) is 41.8 Å². The van der Waals surface area contributed by atoms with Crippen LogP contribution in [0.3, 0.4) is 0 Å². The first-order chi connectivity index (χ1) is 24.9. The summed E-state index contributed by atoms with van der Waals surface area (Å²) in [5.74, 6) is 1.54. The molecule has 9 nitrogen and oxygen atoms in total. The smallest absolute Gasteiger partial charge is 0.351 e. The highest BCUT2D eigenvalue weighted by atomic mass is 16.6. The lowest BCUT2D eigenvalue weighted by molar-refractivity contribution is -0.149. The normalized spacial score (nSPS) is 11.6. The van der Waals surface area contributed by atoms with Crippen molar-refractivity contribution < 1.29 is 19.0 Å². The number of unbranched alkanes of at least 4 members (excludes halogenated alkanes) is 1. The maximum Gasteiger partial charge on any atom is 0.351 e. The van der Waals surface area contributed by atoms with Crippen molar-refractivity contribution >= 4 is 5.97 Å². The van der Waals surface area contributed by atoms with E-state index in [0.29, 0.717) is 42.3 Å². The third-order valence-electron chi connectivity index (χ3n) is 8.74. The van der Waals surface area contributed by atoms with Crippen LogP contribution in [0, 0.1) is 6.92 Å².